The summed E-state index contributed by atoms with van der Waals surface area (Å²) in [7, 11) is 1.51. The highest BCUT2D eigenvalue weighted by atomic mass is 19.1. The highest BCUT2D eigenvalue weighted by molar-refractivity contribution is 5.64. The Morgan fingerprint density at radius 1 is 1.00 bits per heavy atom. The van der Waals surface area contributed by atoms with Gasteiger partial charge in [0.05, 0.1) is 7.11 Å². The Morgan fingerprint density at radius 3 is 2.35 bits per heavy atom. The van der Waals surface area contributed by atoms with Crippen molar-refractivity contribution in [2.45, 2.75) is 6.10 Å². The first kappa shape index (κ1) is 15.2. The van der Waals surface area contributed by atoms with Crippen molar-refractivity contribution < 1.29 is 14.2 Å². The van der Waals surface area contributed by atoms with Crippen molar-refractivity contribution >= 4 is 0 Å². The summed E-state index contributed by atoms with van der Waals surface area (Å²) in [5.74, 6) is 0.00517. The lowest BCUT2D eigenvalue weighted by Gasteiger charge is -2.16. The average molecular weight is 309 g/mol. The van der Waals surface area contributed by atoms with Gasteiger partial charge in [-0.05, 0) is 29.3 Å². The van der Waals surface area contributed by atoms with Gasteiger partial charge in [0.2, 0.25) is 5.88 Å². The predicted molar refractivity (Wildman–Crippen MR) is 86.7 cm³/mol. The third-order valence-corrected chi connectivity index (χ3v) is 3.66. The van der Waals surface area contributed by atoms with Gasteiger partial charge >= 0.3 is 0 Å². The zero-order valence-corrected chi connectivity index (χ0v) is 12.6. The maximum atomic E-state index is 13.1. The van der Waals surface area contributed by atoms with Gasteiger partial charge in [0.15, 0.2) is 0 Å². The van der Waals surface area contributed by atoms with E-state index in [0.717, 1.165) is 11.1 Å². The number of rotatable bonds is 4. The molecule has 0 spiro atoms. The SMILES string of the molecule is COc1ncc(-c2ccccc2)cc1C(O)c1ccc(F)cc1. The van der Waals surface area contributed by atoms with Crippen LogP contribution in [0.15, 0.2) is 66.9 Å². The average Bonchev–Trinajstić information content (AvgIpc) is 2.62. The molecule has 23 heavy (non-hydrogen) atoms. The second kappa shape index (κ2) is 6.58. The van der Waals surface area contributed by atoms with Gasteiger partial charge < -0.3 is 9.84 Å². The third-order valence-electron chi connectivity index (χ3n) is 3.66. The van der Waals surface area contributed by atoms with Crippen LogP contribution in [0.1, 0.15) is 17.2 Å². The van der Waals surface area contributed by atoms with E-state index in [2.05, 4.69) is 4.98 Å². The molecule has 0 saturated heterocycles. The van der Waals surface area contributed by atoms with Gasteiger partial charge in [-0.3, -0.25) is 0 Å². The Hall–Kier alpha value is -2.72. The minimum atomic E-state index is -0.943. The molecule has 0 amide bonds. The van der Waals surface area contributed by atoms with E-state index in [1.54, 1.807) is 18.3 Å². The molecule has 0 bridgehead atoms. The number of ether oxygens (including phenoxy) is 1. The topological polar surface area (TPSA) is 42.4 Å². The molecule has 0 aliphatic heterocycles. The van der Waals surface area contributed by atoms with Crippen LogP contribution in [-0.4, -0.2) is 17.2 Å². The van der Waals surface area contributed by atoms with Gasteiger partial charge in [-0.15, -0.1) is 0 Å². The Morgan fingerprint density at radius 2 is 1.70 bits per heavy atom. The van der Waals surface area contributed by atoms with E-state index in [1.807, 2.05) is 36.4 Å². The predicted octanol–water partition coefficient (Wildman–Crippen LogP) is 3.98. The number of benzene rings is 2. The van der Waals surface area contributed by atoms with Crippen LogP contribution in [0.4, 0.5) is 4.39 Å². The third kappa shape index (κ3) is 3.22. The van der Waals surface area contributed by atoms with Gasteiger partial charge in [-0.1, -0.05) is 42.5 Å². The number of aliphatic hydroxyl groups excluding tert-OH is 1. The molecule has 3 rings (SSSR count). The summed E-state index contributed by atoms with van der Waals surface area (Å²) in [6.07, 6.45) is 0.761. The van der Waals surface area contributed by atoms with Crippen LogP contribution in [0.2, 0.25) is 0 Å². The molecule has 1 unspecified atom stereocenters. The van der Waals surface area contributed by atoms with Gasteiger partial charge in [-0.2, -0.15) is 0 Å². The molecule has 3 nitrogen and oxygen atoms in total. The van der Waals surface area contributed by atoms with Gasteiger partial charge in [0.1, 0.15) is 11.9 Å². The summed E-state index contributed by atoms with van der Waals surface area (Å²) in [5.41, 5.74) is 3.00. The van der Waals surface area contributed by atoms with E-state index in [-0.39, 0.29) is 5.82 Å². The summed E-state index contributed by atoms with van der Waals surface area (Å²) >= 11 is 0. The molecule has 2 aromatic carbocycles. The normalized spacial score (nSPS) is 12.0. The lowest BCUT2D eigenvalue weighted by molar-refractivity contribution is 0.213. The number of aliphatic hydroxyl groups is 1. The molecule has 1 heterocycles. The van der Waals surface area contributed by atoms with E-state index >= 15 is 0 Å². The molecule has 0 fully saturated rings. The van der Waals surface area contributed by atoms with Gasteiger partial charge in [0.25, 0.3) is 0 Å². The van der Waals surface area contributed by atoms with E-state index in [4.69, 9.17) is 4.74 Å². The Kier molecular flexibility index (Phi) is 4.35. The van der Waals surface area contributed by atoms with Crippen LogP contribution in [-0.2, 0) is 0 Å². The van der Waals surface area contributed by atoms with Gasteiger partial charge in [-0.25, -0.2) is 9.37 Å². The van der Waals surface area contributed by atoms with Crippen LogP contribution in [0, 0.1) is 5.82 Å². The summed E-state index contributed by atoms with van der Waals surface area (Å²) < 4.78 is 18.3. The van der Waals surface area contributed by atoms with E-state index in [0.29, 0.717) is 17.0 Å². The fourth-order valence-corrected chi connectivity index (χ4v) is 2.45. The summed E-state index contributed by atoms with van der Waals surface area (Å²) in [6, 6.07) is 17.3. The number of nitrogens with zero attached hydrogens (tertiary/aromatic N) is 1. The monoisotopic (exact) mass is 309 g/mol. The van der Waals surface area contributed by atoms with Crippen molar-refractivity contribution in [3.05, 3.63) is 83.8 Å². The van der Waals surface area contributed by atoms with Crippen LogP contribution in [0.3, 0.4) is 0 Å². The minimum absolute atomic E-state index is 0.343. The largest absolute Gasteiger partial charge is 0.481 e. The van der Waals surface area contributed by atoms with Crippen molar-refractivity contribution in [2.75, 3.05) is 7.11 Å². The molecule has 4 heteroatoms. The first-order valence-electron chi connectivity index (χ1n) is 7.22. The highest BCUT2D eigenvalue weighted by Gasteiger charge is 2.18. The molecule has 0 radical (unpaired) electrons. The molecule has 0 aliphatic rings. The summed E-state index contributed by atoms with van der Waals surface area (Å²) in [4.78, 5) is 4.28. The van der Waals surface area contributed by atoms with Crippen molar-refractivity contribution in [3.63, 3.8) is 0 Å². The fraction of sp³-hybridized carbons (Fsp3) is 0.105. The van der Waals surface area contributed by atoms with E-state index < -0.39 is 6.10 Å². The molecule has 0 saturated carbocycles. The maximum absolute atomic E-state index is 13.1. The van der Waals surface area contributed by atoms with Crippen LogP contribution < -0.4 is 4.74 Å². The van der Waals surface area contributed by atoms with E-state index in [1.165, 1.54) is 19.2 Å². The fourth-order valence-electron chi connectivity index (χ4n) is 2.45. The molecule has 3 aromatic rings. The number of pyridine rings is 1. The molecular weight excluding hydrogens is 293 g/mol. The number of methoxy groups -OCH3 is 1. The maximum Gasteiger partial charge on any atom is 0.219 e. The molecule has 1 N–H and O–H groups in total. The first-order chi connectivity index (χ1) is 11.2. The Labute approximate surface area is 134 Å². The Balaban J connectivity index is 2.04. The standard InChI is InChI=1S/C19H16FNO2/c1-23-19-17(18(22)14-7-9-16(20)10-8-14)11-15(12-21-19)13-5-3-2-4-6-13/h2-12,18,22H,1H3. The second-order valence-electron chi connectivity index (χ2n) is 5.14. The number of aromatic nitrogens is 1. The first-order valence-corrected chi connectivity index (χ1v) is 7.22. The zero-order valence-electron chi connectivity index (χ0n) is 12.6. The van der Waals surface area contributed by atoms with Crippen molar-refractivity contribution in [1.82, 2.24) is 4.98 Å². The Bertz CT molecular complexity index is 788. The van der Waals surface area contributed by atoms with Crippen molar-refractivity contribution in [1.29, 1.82) is 0 Å². The number of hydrogen-bond donors (Lipinski definition) is 1. The van der Waals surface area contributed by atoms with Crippen molar-refractivity contribution in [3.8, 4) is 17.0 Å². The van der Waals surface area contributed by atoms with Gasteiger partial charge in [0, 0.05) is 17.3 Å². The number of hydrogen-bond acceptors (Lipinski definition) is 3. The lowest BCUT2D eigenvalue weighted by atomic mass is 9.99. The molecule has 1 atom stereocenters. The quantitative estimate of drug-likeness (QED) is 0.792. The zero-order chi connectivity index (χ0) is 16.2. The van der Waals surface area contributed by atoms with Crippen molar-refractivity contribution in [2.24, 2.45) is 0 Å². The van der Waals surface area contributed by atoms with E-state index in [9.17, 15) is 9.50 Å². The van der Waals surface area contributed by atoms with Crippen LogP contribution >= 0.6 is 0 Å². The lowest BCUT2D eigenvalue weighted by Crippen LogP contribution is -2.04. The molecular formula is C19H16FNO2. The minimum Gasteiger partial charge on any atom is -0.481 e. The van der Waals surface area contributed by atoms with Crippen LogP contribution in [0.25, 0.3) is 11.1 Å². The highest BCUT2D eigenvalue weighted by Crippen LogP contribution is 2.32. The summed E-state index contributed by atoms with van der Waals surface area (Å²) in [6.45, 7) is 0. The number of halogens is 1. The smallest absolute Gasteiger partial charge is 0.219 e. The van der Waals surface area contributed by atoms with Crippen LogP contribution in [0.5, 0.6) is 5.88 Å². The molecule has 116 valence electrons. The summed E-state index contributed by atoms with van der Waals surface area (Å²) in [5, 5.41) is 10.6. The molecule has 0 aliphatic carbocycles. The molecule has 1 aromatic heterocycles. The second-order valence-corrected chi connectivity index (χ2v) is 5.14.